The van der Waals surface area contributed by atoms with Crippen LogP contribution in [-0.4, -0.2) is 41.9 Å². The normalized spacial score (nSPS) is 14.3. The van der Waals surface area contributed by atoms with Crippen LogP contribution in [0.4, 0.5) is 11.4 Å². The van der Waals surface area contributed by atoms with Gasteiger partial charge in [-0.05, 0) is 45.0 Å². The first-order valence-corrected chi connectivity index (χ1v) is 9.88. The van der Waals surface area contributed by atoms with E-state index in [9.17, 15) is 4.79 Å². The first-order valence-electron chi connectivity index (χ1n) is 9.50. The van der Waals surface area contributed by atoms with Gasteiger partial charge in [0.15, 0.2) is 5.82 Å². The van der Waals surface area contributed by atoms with Crippen molar-refractivity contribution in [2.75, 3.05) is 36.5 Å². The van der Waals surface area contributed by atoms with Crippen LogP contribution in [0.1, 0.15) is 27.5 Å². The molecule has 1 aliphatic rings. The molecule has 0 aliphatic carbocycles. The maximum Gasteiger partial charge on any atom is 0.257 e. The lowest BCUT2D eigenvalue weighted by atomic mass is 10.2. The van der Waals surface area contributed by atoms with Gasteiger partial charge in [0.2, 0.25) is 0 Å². The summed E-state index contributed by atoms with van der Waals surface area (Å²) in [5.74, 6) is 1.18. The summed E-state index contributed by atoms with van der Waals surface area (Å²) < 4.78 is 12.5. The van der Waals surface area contributed by atoms with Gasteiger partial charge in [0.05, 0.1) is 30.2 Å². The van der Waals surface area contributed by atoms with Crippen LogP contribution in [0.2, 0.25) is 5.02 Å². The van der Waals surface area contributed by atoms with Gasteiger partial charge in [-0.15, -0.1) is 0 Å². The molecule has 29 heavy (non-hydrogen) atoms. The van der Waals surface area contributed by atoms with Crippen LogP contribution in [0.3, 0.4) is 0 Å². The summed E-state index contributed by atoms with van der Waals surface area (Å²) in [4.78, 5) is 15.3. The van der Waals surface area contributed by atoms with Crippen LogP contribution in [0.15, 0.2) is 34.9 Å². The summed E-state index contributed by atoms with van der Waals surface area (Å²) in [5, 5.41) is 7.68. The van der Waals surface area contributed by atoms with Crippen molar-refractivity contribution in [3.63, 3.8) is 0 Å². The summed E-state index contributed by atoms with van der Waals surface area (Å²) in [6, 6.07) is 9.25. The predicted molar refractivity (Wildman–Crippen MR) is 112 cm³/mol. The number of carbonyl (C=O) groups excluding carboxylic acids is 1. The number of ether oxygens (including phenoxy) is 1. The molecule has 0 saturated carbocycles. The van der Waals surface area contributed by atoms with Gasteiger partial charge in [0, 0.05) is 35.6 Å². The van der Waals surface area contributed by atoms with Gasteiger partial charge in [-0.1, -0.05) is 16.8 Å². The molecular weight excluding hydrogens is 392 g/mol. The number of rotatable bonds is 4. The van der Waals surface area contributed by atoms with Gasteiger partial charge in [0.1, 0.15) is 5.76 Å². The van der Waals surface area contributed by atoms with E-state index in [0.29, 0.717) is 41.1 Å². The van der Waals surface area contributed by atoms with Gasteiger partial charge < -0.3 is 19.5 Å². The Hall–Kier alpha value is -2.77. The van der Waals surface area contributed by atoms with Crippen LogP contribution in [0.25, 0.3) is 5.82 Å². The average molecular weight is 415 g/mol. The smallest absolute Gasteiger partial charge is 0.257 e. The quantitative estimate of drug-likeness (QED) is 0.694. The van der Waals surface area contributed by atoms with E-state index in [-0.39, 0.29) is 5.91 Å². The Labute approximate surface area is 174 Å². The minimum absolute atomic E-state index is 0.193. The number of aromatic nitrogens is 2. The van der Waals surface area contributed by atoms with E-state index in [2.05, 4.69) is 15.4 Å². The molecule has 2 aromatic heterocycles. The van der Waals surface area contributed by atoms with Gasteiger partial charge >= 0.3 is 0 Å². The largest absolute Gasteiger partial charge is 0.378 e. The summed E-state index contributed by atoms with van der Waals surface area (Å²) >= 11 is 6.21. The van der Waals surface area contributed by atoms with Gasteiger partial charge in [-0.2, -0.15) is 0 Å². The average Bonchev–Trinajstić information content (AvgIpc) is 3.25. The molecule has 3 aromatic rings. The Bertz CT molecular complexity index is 1050. The molecular formula is C21H23ClN4O3. The van der Waals surface area contributed by atoms with Gasteiger partial charge in [0.25, 0.3) is 5.91 Å². The standard InChI is InChI=1S/C21H23ClN4O3/c1-13-10-17(15(3)26(13)20-11-14(2)29-24-20)21(27)23-18-12-16(22)4-5-19(18)25-6-8-28-9-7-25/h4-5,10-12H,6-9H2,1-3H3,(H,23,27). The number of halogens is 1. The lowest BCUT2D eigenvalue weighted by molar-refractivity contribution is 0.102. The number of morpholine rings is 1. The number of benzene rings is 1. The van der Waals surface area contributed by atoms with E-state index in [1.807, 2.05) is 49.6 Å². The molecule has 3 heterocycles. The second kappa shape index (κ2) is 7.93. The van der Waals surface area contributed by atoms with E-state index in [1.165, 1.54) is 0 Å². The predicted octanol–water partition coefficient (Wildman–Crippen LogP) is 4.13. The molecule has 1 aromatic carbocycles. The third kappa shape index (κ3) is 3.88. The molecule has 1 saturated heterocycles. The fourth-order valence-electron chi connectivity index (χ4n) is 3.68. The SMILES string of the molecule is Cc1cc(-n2c(C)cc(C(=O)Nc3cc(Cl)ccc3N3CCOCC3)c2C)no1. The van der Waals surface area contributed by atoms with E-state index in [0.717, 1.165) is 30.2 Å². The Kier molecular flexibility index (Phi) is 5.34. The third-order valence-electron chi connectivity index (χ3n) is 5.08. The van der Waals surface area contributed by atoms with Crippen molar-refractivity contribution in [2.45, 2.75) is 20.8 Å². The zero-order chi connectivity index (χ0) is 20.5. The number of hydrogen-bond acceptors (Lipinski definition) is 5. The first kappa shape index (κ1) is 19.5. The maximum absolute atomic E-state index is 13.1. The molecule has 152 valence electrons. The van der Waals surface area contributed by atoms with E-state index < -0.39 is 0 Å². The van der Waals surface area contributed by atoms with Crippen LogP contribution in [0.5, 0.6) is 0 Å². The Balaban J connectivity index is 1.64. The van der Waals surface area contributed by atoms with Gasteiger partial charge in [-0.25, -0.2) is 0 Å². The second-order valence-electron chi connectivity index (χ2n) is 7.13. The van der Waals surface area contributed by atoms with E-state index in [1.54, 1.807) is 6.07 Å². The molecule has 0 bridgehead atoms. The molecule has 1 fully saturated rings. The molecule has 4 rings (SSSR count). The molecule has 0 radical (unpaired) electrons. The topological polar surface area (TPSA) is 72.5 Å². The summed E-state index contributed by atoms with van der Waals surface area (Å²) in [5.41, 5.74) is 3.90. The third-order valence-corrected chi connectivity index (χ3v) is 5.31. The number of carbonyl (C=O) groups is 1. The Morgan fingerprint density at radius 3 is 2.59 bits per heavy atom. The molecule has 7 nitrogen and oxygen atoms in total. The molecule has 1 N–H and O–H groups in total. The minimum atomic E-state index is -0.193. The first-order chi connectivity index (χ1) is 13.9. The Morgan fingerprint density at radius 1 is 1.14 bits per heavy atom. The zero-order valence-electron chi connectivity index (χ0n) is 16.7. The van der Waals surface area contributed by atoms with Crippen molar-refractivity contribution in [3.05, 3.63) is 58.1 Å². The van der Waals surface area contributed by atoms with E-state index >= 15 is 0 Å². The fraction of sp³-hybridized carbons (Fsp3) is 0.333. The van der Waals surface area contributed by atoms with Crippen LogP contribution < -0.4 is 10.2 Å². The molecule has 0 unspecified atom stereocenters. The number of anilines is 2. The van der Waals surface area contributed by atoms with Crippen molar-refractivity contribution in [2.24, 2.45) is 0 Å². The Morgan fingerprint density at radius 2 is 1.90 bits per heavy atom. The summed E-state index contributed by atoms with van der Waals surface area (Å²) in [6.45, 7) is 8.53. The molecule has 1 amide bonds. The van der Waals surface area contributed by atoms with Crippen molar-refractivity contribution in [3.8, 4) is 5.82 Å². The number of aryl methyl sites for hydroxylation is 2. The second-order valence-corrected chi connectivity index (χ2v) is 7.57. The number of nitrogens with zero attached hydrogens (tertiary/aromatic N) is 3. The highest BCUT2D eigenvalue weighted by atomic mass is 35.5. The molecule has 1 aliphatic heterocycles. The fourth-order valence-corrected chi connectivity index (χ4v) is 3.85. The number of hydrogen-bond donors (Lipinski definition) is 1. The highest BCUT2D eigenvalue weighted by molar-refractivity contribution is 6.31. The minimum Gasteiger partial charge on any atom is -0.378 e. The molecule has 0 atom stereocenters. The molecule has 0 spiro atoms. The van der Waals surface area contributed by atoms with Crippen LogP contribution in [-0.2, 0) is 4.74 Å². The van der Waals surface area contributed by atoms with Crippen LogP contribution >= 0.6 is 11.6 Å². The highest BCUT2D eigenvalue weighted by Crippen LogP contribution is 2.31. The lowest BCUT2D eigenvalue weighted by Crippen LogP contribution is -2.36. The lowest BCUT2D eigenvalue weighted by Gasteiger charge is -2.30. The van der Waals surface area contributed by atoms with Crippen molar-refractivity contribution < 1.29 is 14.1 Å². The number of amides is 1. The van der Waals surface area contributed by atoms with Crippen LogP contribution in [0, 0.1) is 20.8 Å². The molecule has 8 heteroatoms. The maximum atomic E-state index is 13.1. The zero-order valence-corrected chi connectivity index (χ0v) is 17.4. The monoisotopic (exact) mass is 414 g/mol. The number of nitrogens with one attached hydrogen (secondary N) is 1. The van der Waals surface area contributed by atoms with E-state index in [4.69, 9.17) is 20.9 Å². The summed E-state index contributed by atoms with van der Waals surface area (Å²) in [6.07, 6.45) is 0. The van der Waals surface area contributed by atoms with Crippen molar-refractivity contribution >= 4 is 28.9 Å². The van der Waals surface area contributed by atoms with Gasteiger partial charge in [-0.3, -0.25) is 9.36 Å². The van der Waals surface area contributed by atoms with Crippen molar-refractivity contribution in [1.29, 1.82) is 0 Å². The summed E-state index contributed by atoms with van der Waals surface area (Å²) in [7, 11) is 0. The highest BCUT2D eigenvalue weighted by Gasteiger charge is 2.21. The van der Waals surface area contributed by atoms with Crippen molar-refractivity contribution in [1.82, 2.24) is 9.72 Å².